The Morgan fingerprint density at radius 2 is 1.88 bits per heavy atom. The van der Waals surface area contributed by atoms with Gasteiger partial charge in [-0.1, -0.05) is 44.2 Å². The minimum atomic E-state index is -0.440. The van der Waals surface area contributed by atoms with Crippen LogP contribution in [0.5, 0.6) is 0 Å². The van der Waals surface area contributed by atoms with E-state index >= 15 is 0 Å². The maximum atomic E-state index is 10.3. The molecule has 2 heteroatoms. The van der Waals surface area contributed by atoms with Gasteiger partial charge in [-0.3, -0.25) is 0 Å². The summed E-state index contributed by atoms with van der Waals surface area (Å²) in [5.41, 5.74) is 0.865. The van der Waals surface area contributed by atoms with Crippen molar-refractivity contribution in [1.82, 2.24) is 0 Å². The number of hydrogen-bond acceptors (Lipinski definition) is 2. The lowest BCUT2D eigenvalue weighted by Crippen LogP contribution is -2.32. The van der Waals surface area contributed by atoms with Gasteiger partial charge in [0.1, 0.15) is 0 Å². The van der Waals surface area contributed by atoms with Gasteiger partial charge >= 0.3 is 0 Å². The first-order valence-electron chi connectivity index (χ1n) is 5.97. The number of hydrogen-bond donors (Lipinski definition) is 2. The van der Waals surface area contributed by atoms with Gasteiger partial charge in [-0.2, -0.15) is 0 Å². The Hall–Kier alpha value is -0.860. The van der Waals surface area contributed by atoms with E-state index in [-0.39, 0.29) is 11.5 Å². The molecule has 0 radical (unpaired) electrons. The highest BCUT2D eigenvalue weighted by molar-refractivity contribution is 5.19. The molecule has 2 nitrogen and oxygen atoms in total. The van der Waals surface area contributed by atoms with Crippen LogP contribution in [-0.4, -0.2) is 22.4 Å². The molecule has 1 aromatic carbocycles. The van der Waals surface area contributed by atoms with E-state index in [2.05, 4.69) is 13.8 Å². The molecule has 2 N–H and O–H groups in total. The molecule has 2 rings (SSSR count). The zero-order valence-corrected chi connectivity index (χ0v) is 9.93. The van der Waals surface area contributed by atoms with Crippen molar-refractivity contribution < 1.29 is 10.2 Å². The molecule has 0 bridgehead atoms. The van der Waals surface area contributed by atoms with Crippen LogP contribution in [0.2, 0.25) is 0 Å². The summed E-state index contributed by atoms with van der Waals surface area (Å²) in [6, 6.07) is 9.97. The summed E-state index contributed by atoms with van der Waals surface area (Å²) in [6.45, 7) is 4.15. The normalized spacial score (nSPS) is 30.4. The average molecular weight is 220 g/mol. The molecule has 1 saturated carbocycles. The Kier molecular flexibility index (Phi) is 3.04. The van der Waals surface area contributed by atoms with Crippen LogP contribution >= 0.6 is 0 Å². The molecular weight excluding hydrogens is 200 g/mol. The molecule has 1 fully saturated rings. The van der Waals surface area contributed by atoms with E-state index in [4.69, 9.17) is 0 Å². The molecule has 0 spiro atoms. The summed E-state index contributed by atoms with van der Waals surface area (Å²) >= 11 is 0. The predicted molar refractivity (Wildman–Crippen MR) is 64.0 cm³/mol. The van der Waals surface area contributed by atoms with E-state index in [1.54, 1.807) is 0 Å². The second-order valence-corrected chi connectivity index (χ2v) is 5.19. The van der Waals surface area contributed by atoms with E-state index in [1.807, 2.05) is 30.3 Å². The van der Waals surface area contributed by atoms with Crippen LogP contribution in [0.15, 0.2) is 30.3 Å². The van der Waals surface area contributed by atoms with Crippen molar-refractivity contribution in [3.8, 4) is 0 Å². The Morgan fingerprint density at radius 1 is 1.31 bits per heavy atom. The predicted octanol–water partition coefficient (Wildman–Crippen LogP) is 2.00. The maximum absolute atomic E-state index is 10.3. The first kappa shape index (κ1) is 11.6. The van der Waals surface area contributed by atoms with Crippen LogP contribution in [0.25, 0.3) is 0 Å². The number of benzene rings is 1. The minimum absolute atomic E-state index is 0.268. The fourth-order valence-electron chi connectivity index (χ4n) is 2.67. The van der Waals surface area contributed by atoms with Gasteiger partial charge in [-0.15, -0.1) is 0 Å². The van der Waals surface area contributed by atoms with Crippen molar-refractivity contribution in [3.05, 3.63) is 35.9 Å². The number of aliphatic hydroxyl groups excluding tert-OH is 2. The monoisotopic (exact) mass is 220 g/mol. The van der Waals surface area contributed by atoms with Gasteiger partial charge in [0, 0.05) is 5.41 Å². The van der Waals surface area contributed by atoms with Crippen LogP contribution < -0.4 is 0 Å². The van der Waals surface area contributed by atoms with Crippen molar-refractivity contribution in [3.63, 3.8) is 0 Å². The summed E-state index contributed by atoms with van der Waals surface area (Å²) < 4.78 is 0. The summed E-state index contributed by atoms with van der Waals surface area (Å²) in [7, 11) is 0. The zero-order chi connectivity index (χ0) is 11.8. The second kappa shape index (κ2) is 4.19. The lowest BCUT2D eigenvalue weighted by Gasteiger charge is -2.26. The average Bonchev–Trinajstić information content (AvgIpc) is 2.93. The third kappa shape index (κ3) is 1.87. The van der Waals surface area contributed by atoms with E-state index in [1.165, 1.54) is 0 Å². The molecule has 88 valence electrons. The number of rotatable bonds is 4. The van der Waals surface area contributed by atoms with Crippen molar-refractivity contribution >= 4 is 0 Å². The Morgan fingerprint density at radius 3 is 2.31 bits per heavy atom. The highest BCUT2D eigenvalue weighted by atomic mass is 16.3. The van der Waals surface area contributed by atoms with Crippen LogP contribution in [-0.2, 0) is 6.42 Å². The molecule has 1 aromatic rings. The van der Waals surface area contributed by atoms with Gasteiger partial charge in [0.2, 0.25) is 0 Å². The molecule has 0 amide bonds. The molecule has 0 unspecified atom stereocenters. The van der Waals surface area contributed by atoms with E-state index in [0.29, 0.717) is 12.3 Å². The van der Waals surface area contributed by atoms with Gasteiger partial charge in [0.05, 0.1) is 12.2 Å². The Balaban J connectivity index is 2.06. The van der Waals surface area contributed by atoms with E-state index < -0.39 is 6.10 Å². The highest BCUT2D eigenvalue weighted by Gasteiger charge is 2.59. The molecular formula is C14H20O2. The largest absolute Gasteiger partial charge is 0.392 e. The molecule has 3 atom stereocenters. The van der Waals surface area contributed by atoms with Crippen LogP contribution in [0, 0.1) is 11.3 Å². The lowest BCUT2D eigenvalue weighted by atomic mass is 9.83. The third-order valence-corrected chi connectivity index (χ3v) is 3.97. The maximum Gasteiger partial charge on any atom is 0.0664 e. The Labute approximate surface area is 96.9 Å². The van der Waals surface area contributed by atoms with Crippen LogP contribution in [0.1, 0.15) is 25.8 Å². The third-order valence-electron chi connectivity index (χ3n) is 3.97. The zero-order valence-electron chi connectivity index (χ0n) is 9.93. The first-order chi connectivity index (χ1) is 7.57. The van der Waals surface area contributed by atoms with Gasteiger partial charge in [0.15, 0.2) is 0 Å². The minimum Gasteiger partial charge on any atom is -0.392 e. The molecule has 0 saturated heterocycles. The molecule has 16 heavy (non-hydrogen) atoms. The second-order valence-electron chi connectivity index (χ2n) is 5.19. The Bertz CT molecular complexity index is 347. The number of aliphatic hydroxyl groups is 2. The summed E-state index contributed by atoms with van der Waals surface area (Å²) in [5, 5.41) is 20.0. The van der Waals surface area contributed by atoms with Crippen molar-refractivity contribution in [2.75, 3.05) is 0 Å². The SMILES string of the molecule is CC(C)[C@@]1([C@H](O)Cc2ccccc2)C[C@H]1O. The lowest BCUT2D eigenvalue weighted by molar-refractivity contribution is 0.0313. The molecule has 0 aromatic heterocycles. The highest BCUT2D eigenvalue weighted by Crippen LogP contribution is 2.55. The van der Waals surface area contributed by atoms with Crippen LogP contribution in [0.4, 0.5) is 0 Å². The van der Waals surface area contributed by atoms with Gasteiger partial charge in [0.25, 0.3) is 0 Å². The van der Waals surface area contributed by atoms with E-state index in [9.17, 15) is 10.2 Å². The van der Waals surface area contributed by atoms with E-state index in [0.717, 1.165) is 12.0 Å². The summed E-state index contributed by atoms with van der Waals surface area (Å²) in [6.07, 6.45) is 0.602. The molecule has 0 aliphatic heterocycles. The van der Waals surface area contributed by atoms with Crippen molar-refractivity contribution in [1.29, 1.82) is 0 Å². The molecule has 1 aliphatic rings. The van der Waals surface area contributed by atoms with Gasteiger partial charge in [-0.25, -0.2) is 0 Å². The standard InChI is InChI=1S/C14H20O2/c1-10(2)14(9-13(14)16)12(15)8-11-6-4-3-5-7-11/h3-7,10,12-13,15-16H,8-9H2,1-2H3/t12-,13-,14-/m1/s1. The van der Waals surface area contributed by atoms with Gasteiger partial charge in [-0.05, 0) is 24.3 Å². The van der Waals surface area contributed by atoms with Crippen LogP contribution in [0.3, 0.4) is 0 Å². The summed E-state index contributed by atoms with van der Waals surface area (Å²) in [5.74, 6) is 0.321. The quantitative estimate of drug-likeness (QED) is 0.814. The molecule has 1 aliphatic carbocycles. The van der Waals surface area contributed by atoms with Crippen molar-refractivity contribution in [2.24, 2.45) is 11.3 Å². The van der Waals surface area contributed by atoms with Gasteiger partial charge < -0.3 is 10.2 Å². The summed E-state index contributed by atoms with van der Waals surface area (Å²) in [4.78, 5) is 0. The smallest absolute Gasteiger partial charge is 0.0664 e. The topological polar surface area (TPSA) is 40.5 Å². The fraction of sp³-hybridized carbons (Fsp3) is 0.571. The first-order valence-corrected chi connectivity index (χ1v) is 5.97. The van der Waals surface area contributed by atoms with Crippen molar-refractivity contribution in [2.45, 2.75) is 38.9 Å². The molecule has 0 heterocycles. The fourth-order valence-corrected chi connectivity index (χ4v) is 2.67.